The molecule has 0 saturated heterocycles. The summed E-state index contributed by atoms with van der Waals surface area (Å²) in [5.74, 6) is 2.00. The minimum Gasteiger partial charge on any atom is -0.497 e. The standard InChI is InChI=1S/C28H25FN4O2S/c1-34-22-12-6-19(7-13-22)25-26(20-8-14-23(35-2)15-9-20)32-27(31-25)24-16-30-28(36-3)33(24)17-18-4-10-21(29)11-5-18/h4-16H,17H2,1-3H3,(H,31,32). The first-order valence-electron chi connectivity index (χ1n) is 11.3. The van der Waals surface area contributed by atoms with E-state index >= 15 is 0 Å². The fourth-order valence-electron chi connectivity index (χ4n) is 4.05. The molecule has 0 spiro atoms. The maximum Gasteiger partial charge on any atom is 0.168 e. The molecule has 0 radical (unpaired) electrons. The number of rotatable bonds is 8. The highest BCUT2D eigenvalue weighted by Gasteiger charge is 2.20. The molecule has 36 heavy (non-hydrogen) atoms. The second-order valence-corrected chi connectivity index (χ2v) is 8.88. The minimum absolute atomic E-state index is 0.256. The average Bonchev–Trinajstić information content (AvgIpc) is 3.54. The van der Waals surface area contributed by atoms with E-state index in [1.54, 1.807) is 38.1 Å². The molecule has 182 valence electrons. The first-order chi connectivity index (χ1) is 17.6. The molecular formula is C28H25FN4O2S. The Kier molecular flexibility index (Phi) is 6.77. The topological polar surface area (TPSA) is 65.0 Å². The molecular weight excluding hydrogens is 475 g/mol. The summed E-state index contributed by atoms with van der Waals surface area (Å²) in [4.78, 5) is 13.2. The number of aromatic amines is 1. The lowest BCUT2D eigenvalue weighted by molar-refractivity contribution is 0.414. The number of halogens is 1. The lowest BCUT2D eigenvalue weighted by Gasteiger charge is -2.10. The van der Waals surface area contributed by atoms with Crippen molar-refractivity contribution in [2.45, 2.75) is 11.7 Å². The normalized spacial score (nSPS) is 11.0. The van der Waals surface area contributed by atoms with E-state index in [2.05, 4.69) is 14.5 Å². The third kappa shape index (κ3) is 4.72. The number of aromatic nitrogens is 4. The molecule has 0 saturated carbocycles. The molecule has 2 aromatic heterocycles. The van der Waals surface area contributed by atoms with Gasteiger partial charge in [-0.3, -0.25) is 0 Å². The van der Waals surface area contributed by atoms with Crippen LogP contribution >= 0.6 is 11.8 Å². The molecule has 8 heteroatoms. The van der Waals surface area contributed by atoms with Crippen molar-refractivity contribution in [2.75, 3.05) is 20.5 Å². The largest absolute Gasteiger partial charge is 0.497 e. The number of hydrogen-bond donors (Lipinski definition) is 1. The van der Waals surface area contributed by atoms with Crippen LogP contribution in [-0.2, 0) is 6.54 Å². The van der Waals surface area contributed by atoms with Gasteiger partial charge in [0.05, 0.1) is 38.3 Å². The Hall–Kier alpha value is -4.04. The highest BCUT2D eigenvalue weighted by molar-refractivity contribution is 7.98. The van der Waals surface area contributed by atoms with E-state index < -0.39 is 0 Å². The van der Waals surface area contributed by atoms with Gasteiger partial charge < -0.3 is 19.0 Å². The van der Waals surface area contributed by atoms with E-state index in [-0.39, 0.29) is 5.82 Å². The predicted molar refractivity (Wildman–Crippen MR) is 141 cm³/mol. The number of thioether (sulfide) groups is 1. The predicted octanol–water partition coefficient (Wildman–Crippen LogP) is 6.53. The monoisotopic (exact) mass is 500 g/mol. The van der Waals surface area contributed by atoms with Crippen molar-refractivity contribution in [2.24, 2.45) is 0 Å². The van der Waals surface area contributed by atoms with Crippen molar-refractivity contribution in [1.29, 1.82) is 0 Å². The van der Waals surface area contributed by atoms with E-state index in [4.69, 9.17) is 14.5 Å². The minimum atomic E-state index is -0.256. The van der Waals surface area contributed by atoms with Gasteiger partial charge in [-0.05, 0) is 72.5 Å². The highest BCUT2D eigenvalue weighted by atomic mass is 32.2. The molecule has 0 amide bonds. The lowest BCUT2D eigenvalue weighted by Crippen LogP contribution is -2.04. The van der Waals surface area contributed by atoms with E-state index in [0.29, 0.717) is 12.4 Å². The van der Waals surface area contributed by atoms with Gasteiger partial charge in [-0.1, -0.05) is 23.9 Å². The zero-order valence-electron chi connectivity index (χ0n) is 20.2. The van der Waals surface area contributed by atoms with Gasteiger partial charge in [-0.25, -0.2) is 14.4 Å². The van der Waals surface area contributed by atoms with Crippen LogP contribution in [0.15, 0.2) is 84.1 Å². The number of imidazole rings is 2. The lowest BCUT2D eigenvalue weighted by atomic mass is 10.0. The Bertz CT molecular complexity index is 1390. The maximum atomic E-state index is 13.5. The quantitative estimate of drug-likeness (QED) is 0.245. The van der Waals surface area contributed by atoms with E-state index in [0.717, 1.165) is 50.4 Å². The zero-order valence-corrected chi connectivity index (χ0v) is 21.0. The Morgan fingerprint density at radius 2 is 1.47 bits per heavy atom. The molecule has 0 atom stereocenters. The third-order valence-corrected chi connectivity index (χ3v) is 6.64. The van der Waals surface area contributed by atoms with E-state index in [9.17, 15) is 4.39 Å². The molecule has 0 fully saturated rings. The zero-order chi connectivity index (χ0) is 25.1. The molecule has 1 N–H and O–H groups in total. The van der Waals surface area contributed by atoms with Crippen molar-refractivity contribution in [3.05, 3.63) is 90.4 Å². The maximum absolute atomic E-state index is 13.5. The third-order valence-electron chi connectivity index (χ3n) is 5.94. The van der Waals surface area contributed by atoms with Gasteiger partial charge in [0.15, 0.2) is 11.0 Å². The van der Waals surface area contributed by atoms with Crippen LogP contribution in [0.2, 0.25) is 0 Å². The summed E-state index contributed by atoms with van der Waals surface area (Å²) in [5.41, 5.74) is 5.46. The van der Waals surface area contributed by atoms with Crippen molar-refractivity contribution in [1.82, 2.24) is 19.5 Å². The molecule has 3 aromatic carbocycles. The van der Waals surface area contributed by atoms with Crippen LogP contribution in [0.3, 0.4) is 0 Å². The van der Waals surface area contributed by atoms with Gasteiger partial charge in [-0.15, -0.1) is 0 Å². The molecule has 2 heterocycles. The van der Waals surface area contributed by atoms with Gasteiger partial charge in [0.25, 0.3) is 0 Å². The number of ether oxygens (including phenoxy) is 2. The summed E-state index contributed by atoms with van der Waals surface area (Å²) in [6, 6.07) is 22.2. The molecule has 6 nitrogen and oxygen atoms in total. The van der Waals surface area contributed by atoms with Crippen LogP contribution in [0.1, 0.15) is 5.56 Å². The molecule has 5 aromatic rings. The van der Waals surface area contributed by atoms with Gasteiger partial charge in [-0.2, -0.15) is 0 Å². The molecule has 0 bridgehead atoms. The number of hydrogen-bond acceptors (Lipinski definition) is 5. The Morgan fingerprint density at radius 3 is 2.06 bits per heavy atom. The van der Waals surface area contributed by atoms with Crippen molar-refractivity contribution >= 4 is 11.8 Å². The number of nitrogens with one attached hydrogen (secondary N) is 1. The fourth-order valence-corrected chi connectivity index (χ4v) is 4.60. The number of H-pyrrole nitrogens is 1. The number of benzene rings is 3. The van der Waals surface area contributed by atoms with Crippen LogP contribution in [0.25, 0.3) is 34.0 Å². The van der Waals surface area contributed by atoms with Crippen molar-refractivity contribution in [3.63, 3.8) is 0 Å². The second-order valence-electron chi connectivity index (χ2n) is 8.11. The second kappa shape index (κ2) is 10.3. The van der Waals surface area contributed by atoms with Crippen LogP contribution in [0, 0.1) is 5.82 Å². The van der Waals surface area contributed by atoms with Crippen LogP contribution < -0.4 is 9.47 Å². The first-order valence-corrected chi connectivity index (χ1v) is 12.5. The van der Waals surface area contributed by atoms with Crippen LogP contribution in [0.5, 0.6) is 11.5 Å². The Morgan fingerprint density at radius 1 is 0.861 bits per heavy atom. The molecule has 0 aliphatic heterocycles. The van der Waals surface area contributed by atoms with Crippen LogP contribution in [-0.4, -0.2) is 40.0 Å². The van der Waals surface area contributed by atoms with Gasteiger partial charge >= 0.3 is 0 Å². The Labute approximate surface area is 213 Å². The van der Waals surface area contributed by atoms with E-state index in [1.165, 1.54) is 12.1 Å². The van der Waals surface area contributed by atoms with E-state index in [1.807, 2.05) is 61.0 Å². The van der Waals surface area contributed by atoms with Crippen molar-refractivity contribution in [3.8, 4) is 45.5 Å². The fraction of sp³-hybridized carbons (Fsp3) is 0.143. The number of nitrogens with zero attached hydrogens (tertiary/aromatic N) is 3. The highest BCUT2D eigenvalue weighted by Crippen LogP contribution is 2.35. The SMILES string of the molecule is COc1ccc(-c2nc(-c3cnc(SC)n3Cc3ccc(F)cc3)[nH]c2-c2ccc(OC)cc2)cc1. The van der Waals surface area contributed by atoms with Crippen molar-refractivity contribution < 1.29 is 13.9 Å². The number of methoxy groups -OCH3 is 2. The van der Waals surface area contributed by atoms with Gasteiger partial charge in [0, 0.05) is 11.1 Å². The average molecular weight is 501 g/mol. The summed E-state index contributed by atoms with van der Waals surface area (Å²) < 4.78 is 26.2. The van der Waals surface area contributed by atoms with Crippen LogP contribution in [0.4, 0.5) is 4.39 Å². The summed E-state index contributed by atoms with van der Waals surface area (Å²) in [5, 5.41) is 0.850. The summed E-state index contributed by atoms with van der Waals surface area (Å²) >= 11 is 1.55. The Balaban J connectivity index is 1.62. The summed E-state index contributed by atoms with van der Waals surface area (Å²) in [6.45, 7) is 0.544. The van der Waals surface area contributed by atoms with Gasteiger partial charge in [0.2, 0.25) is 0 Å². The summed E-state index contributed by atoms with van der Waals surface area (Å²) in [7, 11) is 3.30. The smallest absolute Gasteiger partial charge is 0.168 e. The van der Waals surface area contributed by atoms with Gasteiger partial charge in [0.1, 0.15) is 23.0 Å². The molecule has 0 aliphatic carbocycles. The molecule has 0 aliphatic rings. The first kappa shape index (κ1) is 23.7. The molecule has 0 unspecified atom stereocenters. The molecule has 5 rings (SSSR count). The summed E-state index contributed by atoms with van der Waals surface area (Å²) in [6.07, 6.45) is 3.81.